The van der Waals surface area contributed by atoms with Crippen molar-refractivity contribution in [1.29, 1.82) is 5.26 Å². The van der Waals surface area contributed by atoms with Gasteiger partial charge in [0.05, 0.1) is 22.9 Å². The maximum Gasteiger partial charge on any atom is 0.407 e. The number of allylic oxidation sites excluding steroid dienone is 3. The molecule has 1 saturated heterocycles. The third-order valence-corrected chi connectivity index (χ3v) is 7.00. The first-order valence-corrected chi connectivity index (χ1v) is 14.6. The van der Waals surface area contributed by atoms with E-state index in [1.807, 2.05) is 51.1 Å². The molecule has 1 aromatic carbocycles. The standard InChI is InChI=1S/C30H39N3O4.C2H6/c1-5-8-23(9-6-15-32-30(34)37-21(4)22-11-12-22)29-27(18-31)26-14-13-24(17-28(26)33(29)20(2)3)36-19-25-10-7-16-35-25;1-2/h6,8-9,13-14,17,20-22,25H,5,7,10-12,15-16,19H2,1-4H3,(H,32,34);1-2H3/b9-6-,23-8+;/t21-,25-;/m1./s1. The summed E-state index contributed by atoms with van der Waals surface area (Å²) in [6.07, 6.45) is 10.9. The van der Waals surface area contributed by atoms with Gasteiger partial charge in [0.25, 0.3) is 0 Å². The lowest BCUT2D eigenvalue weighted by molar-refractivity contribution is 0.0680. The van der Waals surface area contributed by atoms with E-state index in [2.05, 4.69) is 42.8 Å². The van der Waals surface area contributed by atoms with Crippen molar-refractivity contribution in [2.45, 2.75) is 91.9 Å². The van der Waals surface area contributed by atoms with E-state index in [-0.39, 0.29) is 18.2 Å². The van der Waals surface area contributed by atoms with Gasteiger partial charge in [0.1, 0.15) is 24.5 Å². The molecular formula is C32H45N3O4. The van der Waals surface area contributed by atoms with Crippen LogP contribution in [-0.2, 0) is 9.47 Å². The van der Waals surface area contributed by atoms with Crippen LogP contribution in [0.25, 0.3) is 16.5 Å². The zero-order chi connectivity index (χ0) is 28.4. The Balaban J connectivity index is 0.00000205. The summed E-state index contributed by atoms with van der Waals surface area (Å²) in [5, 5.41) is 13.9. The molecule has 7 heteroatoms. The highest BCUT2D eigenvalue weighted by molar-refractivity contribution is 5.95. The van der Waals surface area contributed by atoms with E-state index in [1.54, 1.807) is 0 Å². The number of nitrogens with zero attached hydrogens (tertiary/aromatic N) is 2. The summed E-state index contributed by atoms with van der Waals surface area (Å²) in [7, 11) is 0. The molecule has 7 nitrogen and oxygen atoms in total. The van der Waals surface area contributed by atoms with Gasteiger partial charge >= 0.3 is 6.09 Å². The highest BCUT2D eigenvalue weighted by Crippen LogP contribution is 2.36. The van der Waals surface area contributed by atoms with Gasteiger partial charge in [-0.3, -0.25) is 0 Å². The van der Waals surface area contributed by atoms with Gasteiger partial charge in [0.2, 0.25) is 0 Å². The molecule has 212 valence electrons. The summed E-state index contributed by atoms with van der Waals surface area (Å²) < 4.78 is 19.4. The molecule has 0 bridgehead atoms. The Morgan fingerprint density at radius 1 is 1.26 bits per heavy atom. The SMILES string of the molecule is CC.CC/C=C(\C=C/CNC(=O)O[C@H](C)C1CC1)c1c(C#N)c2ccc(OC[C@H]3CCCO3)cc2n1C(C)C. The van der Waals surface area contributed by atoms with Crippen molar-refractivity contribution in [1.82, 2.24) is 9.88 Å². The van der Waals surface area contributed by atoms with E-state index in [4.69, 9.17) is 14.2 Å². The topological polar surface area (TPSA) is 85.5 Å². The average Bonchev–Trinajstić information content (AvgIpc) is 3.56. The van der Waals surface area contributed by atoms with Crippen LogP contribution in [0.3, 0.4) is 0 Å². The molecule has 2 aliphatic rings. The summed E-state index contributed by atoms with van der Waals surface area (Å²) in [5.74, 6) is 1.28. The number of rotatable bonds is 11. The fourth-order valence-corrected chi connectivity index (χ4v) is 4.94. The molecule has 1 aliphatic carbocycles. The van der Waals surface area contributed by atoms with Crippen LogP contribution in [0.2, 0.25) is 0 Å². The molecule has 1 N–H and O–H groups in total. The predicted octanol–water partition coefficient (Wildman–Crippen LogP) is 7.55. The molecule has 1 aromatic heterocycles. The average molecular weight is 536 g/mol. The number of nitriles is 1. The minimum absolute atomic E-state index is 0.0426. The van der Waals surface area contributed by atoms with Crippen LogP contribution in [0.15, 0.2) is 36.4 Å². The molecule has 0 spiro atoms. The number of amides is 1. The van der Waals surface area contributed by atoms with E-state index in [0.29, 0.717) is 24.6 Å². The lowest BCUT2D eigenvalue weighted by Crippen LogP contribution is -2.28. The molecule has 2 heterocycles. The number of fused-ring (bicyclic) bond motifs is 1. The van der Waals surface area contributed by atoms with E-state index >= 15 is 0 Å². The first-order valence-electron chi connectivity index (χ1n) is 14.6. The molecular weight excluding hydrogens is 490 g/mol. The van der Waals surface area contributed by atoms with Gasteiger partial charge in [0.15, 0.2) is 0 Å². The van der Waals surface area contributed by atoms with E-state index < -0.39 is 6.09 Å². The molecule has 1 amide bonds. The molecule has 39 heavy (non-hydrogen) atoms. The summed E-state index contributed by atoms with van der Waals surface area (Å²) >= 11 is 0. The van der Waals surface area contributed by atoms with Crippen molar-refractivity contribution < 1.29 is 19.0 Å². The monoisotopic (exact) mass is 535 g/mol. The molecule has 2 aromatic rings. The first kappa shape index (κ1) is 30.3. The van der Waals surface area contributed by atoms with Crippen molar-refractivity contribution >= 4 is 22.6 Å². The molecule has 1 saturated carbocycles. The maximum atomic E-state index is 12.1. The van der Waals surface area contributed by atoms with Crippen LogP contribution >= 0.6 is 0 Å². The van der Waals surface area contributed by atoms with E-state index in [0.717, 1.165) is 66.6 Å². The van der Waals surface area contributed by atoms with E-state index in [1.165, 1.54) is 0 Å². The lowest BCUT2D eigenvalue weighted by atomic mass is 10.0. The van der Waals surface area contributed by atoms with Crippen molar-refractivity contribution in [2.75, 3.05) is 19.8 Å². The fourth-order valence-electron chi connectivity index (χ4n) is 4.94. The highest BCUT2D eigenvalue weighted by atomic mass is 16.6. The number of hydrogen-bond acceptors (Lipinski definition) is 5. The number of ether oxygens (including phenoxy) is 3. The Bertz CT molecular complexity index is 1190. The summed E-state index contributed by atoms with van der Waals surface area (Å²) in [6.45, 7) is 13.9. The molecule has 0 radical (unpaired) electrons. The van der Waals surface area contributed by atoms with Gasteiger partial charge in [-0.05, 0) is 76.5 Å². The Kier molecular flexibility index (Phi) is 11.5. The molecule has 0 unspecified atom stereocenters. The van der Waals surface area contributed by atoms with Crippen molar-refractivity contribution in [2.24, 2.45) is 5.92 Å². The largest absolute Gasteiger partial charge is 0.491 e. The van der Waals surface area contributed by atoms with Crippen molar-refractivity contribution in [3.05, 3.63) is 47.7 Å². The number of aromatic nitrogens is 1. The number of nitrogens with one attached hydrogen (secondary N) is 1. The molecule has 2 atom stereocenters. The van der Waals surface area contributed by atoms with E-state index in [9.17, 15) is 10.1 Å². The number of hydrogen-bond donors (Lipinski definition) is 1. The van der Waals surface area contributed by atoms with Crippen LogP contribution in [0.1, 0.15) is 90.9 Å². The third kappa shape index (κ3) is 7.89. The van der Waals surface area contributed by atoms with Crippen LogP contribution < -0.4 is 10.1 Å². The lowest BCUT2D eigenvalue weighted by Gasteiger charge is -2.17. The zero-order valence-corrected chi connectivity index (χ0v) is 24.5. The van der Waals surface area contributed by atoms with Gasteiger partial charge < -0.3 is 24.1 Å². The minimum Gasteiger partial charge on any atom is -0.491 e. The number of carbonyl (C=O) groups is 1. The first-order chi connectivity index (χ1) is 18.9. The number of alkyl carbamates (subject to hydrolysis) is 1. The van der Waals surface area contributed by atoms with Crippen LogP contribution in [0, 0.1) is 17.2 Å². The highest BCUT2D eigenvalue weighted by Gasteiger charge is 2.30. The van der Waals surface area contributed by atoms with Crippen LogP contribution in [0.5, 0.6) is 5.75 Å². The second kappa shape index (κ2) is 14.8. The van der Waals surface area contributed by atoms with Gasteiger partial charge in [-0.25, -0.2) is 4.79 Å². The van der Waals surface area contributed by atoms with Gasteiger partial charge in [-0.1, -0.05) is 39.0 Å². The number of benzene rings is 1. The van der Waals surface area contributed by atoms with Crippen LogP contribution in [-0.4, -0.2) is 42.6 Å². The summed E-state index contributed by atoms with van der Waals surface area (Å²) in [4.78, 5) is 12.1. The Hall–Kier alpha value is -3.24. The Morgan fingerprint density at radius 2 is 2.03 bits per heavy atom. The minimum atomic E-state index is -0.394. The molecule has 2 fully saturated rings. The van der Waals surface area contributed by atoms with Gasteiger partial charge in [-0.2, -0.15) is 5.26 Å². The smallest absolute Gasteiger partial charge is 0.407 e. The Labute approximate surface area is 233 Å². The fraction of sp³-hybridized carbons (Fsp3) is 0.562. The predicted molar refractivity (Wildman–Crippen MR) is 157 cm³/mol. The molecule has 1 aliphatic heterocycles. The quantitative estimate of drug-likeness (QED) is 0.300. The second-order valence-corrected chi connectivity index (χ2v) is 10.2. The Morgan fingerprint density at radius 3 is 2.64 bits per heavy atom. The normalized spacial score (nSPS) is 18.1. The van der Waals surface area contributed by atoms with Gasteiger partial charge in [0, 0.05) is 30.6 Å². The van der Waals surface area contributed by atoms with Crippen molar-refractivity contribution in [3.8, 4) is 11.8 Å². The van der Waals surface area contributed by atoms with Gasteiger partial charge in [-0.15, -0.1) is 0 Å². The molecule has 4 rings (SSSR count). The maximum absolute atomic E-state index is 12.1. The van der Waals surface area contributed by atoms with Crippen LogP contribution in [0.4, 0.5) is 4.79 Å². The summed E-state index contributed by atoms with van der Waals surface area (Å²) in [5.41, 5.74) is 3.45. The second-order valence-electron chi connectivity index (χ2n) is 10.2. The zero-order valence-electron chi connectivity index (χ0n) is 24.5. The summed E-state index contributed by atoms with van der Waals surface area (Å²) in [6, 6.07) is 8.52. The third-order valence-electron chi connectivity index (χ3n) is 7.00. The van der Waals surface area contributed by atoms with Crippen molar-refractivity contribution in [3.63, 3.8) is 0 Å². The number of carbonyl (C=O) groups excluding carboxylic acids is 1.